The van der Waals surface area contributed by atoms with Gasteiger partial charge in [-0.05, 0) is 96.9 Å². The minimum absolute atomic E-state index is 0.0557. The van der Waals surface area contributed by atoms with Crippen molar-refractivity contribution in [3.05, 3.63) is 46.5 Å². The minimum Gasteiger partial charge on any atom is -0.507 e. The van der Waals surface area contributed by atoms with Crippen molar-refractivity contribution in [1.82, 2.24) is 0 Å². The highest BCUT2D eigenvalue weighted by atomic mass is 16.3. The van der Waals surface area contributed by atoms with Crippen LogP contribution in [0.2, 0.25) is 0 Å². The van der Waals surface area contributed by atoms with Crippen LogP contribution in [0.1, 0.15) is 107 Å². The zero-order chi connectivity index (χ0) is 32.8. The van der Waals surface area contributed by atoms with Crippen LogP contribution in [0, 0.1) is 46.3 Å². The Labute approximate surface area is 265 Å². The third-order valence-corrected chi connectivity index (χ3v) is 12.2. The Morgan fingerprint density at radius 2 is 1.71 bits per heavy atom. The molecule has 2 N–H and O–H groups in total. The van der Waals surface area contributed by atoms with Gasteiger partial charge in [-0.3, -0.25) is 24.0 Å². The molecule has 6 atom stereocenters. The second-order valence-corrected chi connectivity index (χ2v) is 15.7. The maximum atomic E-state index is 14.7. The van der Waals surface area contributed by atoms with Gasteiger partial charge in [0.05, 0.1) is 11.5 Å². The first kappa shape index (κ1) is 31.8. The van der Waals surface area contributed by atoms with Crippen molar-refractivity contribution in [2.24, 2.45) is 46.3 Å². The Bertz CT molecular complexity index is 1590. The molecule has 6 rings (SSSR count). The molecular weight excluding hydrogens is 568 g/mol. The number of rotatable bonds is 5. The van der Waals surface area contributed by atoms with Gasteiger partial charge in [0, 0.05) is 11.3 Å². The van der Waals surface area contributed by atoms with E-state index in [1.807, 2.05) is 19.1 Å². The third-order valence-electron chi connectivity index (χ3n) is 12.2. The van der Waals surface area contributed by atoms with Gasteiger partial charge >= 0.3 is 0 Å². The topological polar surface area (TPSA) is 126 Å². The lowest BCUT2D eigenvalue weighted by molar-refractivity contribution is -0.205. The molecule has 5 aliphatic rings. The number of aliphatic hydroxyl groups is 1. The molecule has 0 spiro atoms. The van der Waals surface area contributed by atoms with Gasteiger partial charge < -0.3 is 10.2 Å². The quantitative estimate of drug-likeness (QED) is 0.401. The monoisotopic (exact) mass is 614 g/mol. The van der Waals surface area contributed by atoms with E-state index >= 15 is 0 Å². The third kappa shape index (κ3) is 4.43. The Hall–Kier alpha value is -3.19. The molecule has 1 aromatic rings. The molecular formula is C38H46O7. The second-order valence-electron chi connectivity index (χ2n) is 15.7. The maximum absolute atomic E-state index is 14.7. The summed E-state index contributed by atoms with van der Waals surface area (Å²) >= 11 is 0. The van der Waals surface area contributed by atoms with Crippen LogP contribution in [-0.2, 0) is 32.0 Å². The van der Waals surface area contributed by atoms with Gasteiger partial charge in [0.1, 0.15) is 17.5 Å². The molecule has 1 aromatic carbocycles. The number of ketones is 5. The summed E-state index contributed by atoms with van der Waals surface area (Å²) in [6.07, 6.45) is 12.2. The number of carbonyl (C=O) groups excluding carboxylic acids is 5. The maximum Gasteiger partial charge on any atom is 0.190 e. The predicted molar refractivity (Wildman–Crippen MR) is 169 cm³/mol. The number of allylic oxidation sites excluding steroid dienone is 4. The largest absolute Gasteiger partial charge is 0.507 e. The van der Waals surface area contributed by atoms with Crippen LogP contribution < -0.4 is 0 Å². The van der Waals surface area contributed by atoms with Crippen LogP contribution in [0.25, 0.3) is 5.57 Å². The summed E-state index contributed by atoms with van der Waals surface area (Å²) in [5.74, 6) is -7.46. The summed E-state index contributed by atoms with van der Waals surface area (Å²) < 4.78 is 0. The van der Waals surface area contributed by atoms with Crippen molar-refractivity contribution in [3.8, 4) is 5.75 Å². The fourth-order valence-corrected chi connectivity index (χ4v) is 10.2. The number of carbonyl (C=O) groups is 5. The lowest BCUT2D eigenvalue weighted by atomic mass is 9.39. The Morgan fingerprint density at radius 1 is 1.04 bits per heavy atom. The van der Waals surface area contributed by atoms with Crippen LogP contribution in [-0.4, -0.2) is 44.7 Å². The molecule has 3 fully saturated rings. The van der Waals surface area contributed by atoms with Gasteiger partial charge in [-0.1, -0.05) is 65.7 Å². The first-order valence-electron chi connectivity index (χ1n) is 16.7. The summed E-state index contributed by atoms with van der Waals surface area (Å²) in [4.78, 5) is 69.7. The fourth-order valence-electron chi connectivity index (χ4n) is 10.2. The van der Waals surface area contributed by atoms with E-state index in [-0.39, 0.29) is 30.1 Å². The number of benzene rings is 1. The summed E-state index contributed by atoms with van der Waals surface area (Å²) in [5, 5.41) is 24.1. The van der Waals surface area contributed by atoms with Crippen LogP contribution in [0.4, 0.5) is 0 Å². The van der Waals surface area contributed by atoms with Crippen molar-refractivity contribution >= 4 is 34.5 Å². The molecule has 0 aromatic heterocycles. The normalized spacial score (nSPS) is 37.8. The molecule has 0 amide bonds. The summed E-state index contributed by atoms with van der Waals surface area (Å²) in [5.41, 5.74) is -1.93. The summed E-state index contributed by atoms with van der Waals surface area (Å²) in [6, 6.07) is 2.02. The lowest BCUT2D eigenvalue weighted by Crippen LogP contribution is -2.76. The van der Waals surface area contributed by atoms with Crippen molar-refractivity contribution in [1.29, 1.82) is 0 Å². The molecule has 3 saturated carbocycles. The number of aromatic hydroxyl groups is 1. The predicted octanol–water partition coefficient (Wildman–Crippen LogP) is 5.81. The Morgan fingerprint density at radius 3 is 2.29 bits per heavy atom. The molecule has 240 valence electrons. The van der Waals surface area contributed by atoms with Crippen molar-refractivity contribution in [2.75, 3.05) is 0 Å². The summed E-state index contributed by atoms with van der Waals surface area (Å²) in [6.45, 7) is 10.4. The van der Waals surface area contributed by atoms with Gasteiger partial charge in [-0.15, -0.1) is 0 Å². The van der Waals surface area contributed by atoms with Crippen LogP contribution in [0.3, 0.4) is 0 Å². The first-order chi connectivity index (χ1) is 21.1. The summed E-state index contributed by atoms with van der Waals surface area (Å²) in [7, 11) is 0. The number of phenolic OH excluding ortho intramolecular Hbond substituents is 1. The zero-order valence-electron chi connectivity index (χ0n) is 27.4. The molecule has 7 heteroatoms. The highest BCUT2D eigenvalue weighted by Crippen LogP contribution is 2.64. The van der Waals surface area contributed by atoms with E-state index in [2.05, 4.69) is 19.1 Å². The molecule has 0 bridgehead atoms. The van der Waals surface area contributed by atoms with Gasteiger partial charge in [0.15, 0.2) is 28.7 Å². The van der Waals surface area contributed by atoms with Gasteiger partial charge in [-0.2, -0.15) is 0 Å². The smallest absolute Gasteiger partial charge is 0.190 e. The van der Waals surface area contributed by atoms with E-state index in [1.165, 1.54) is 0 Å². The van der Waals surface area contributed by atoms with Crippen molar-refractivity contribution in [2.45, 2.75) is 98.5 Å². The standard InChI is InChI=1S/C38H46O7/c1-19(2)29-32(41)27(21(4)39)34(43)38(45)35(44)30-33(42)28-26(17-36(30,5)18-37(29,38)6)25(23-9-7-8-10-23)16-24(31(28)40)15-22-13-11-20(3)12-14-22/h7,9-10,16,19-20,22,27,29-30,40,45H,8,11-15,17-18H2,1-6H3/t20?,22?,27?,29?,30?,36-,37-,38+/m1/s1. The average molecular weight is 615 g/mol. The molecule has 0 aliphatic heterocycles. The molecule has 3 unspecified atom stereocenters. The van der Waals surface area contributed by atoms with Crippen LogP contribution >= 0.6 is 0 Å². The number of Topliss-reactive ketones (excluding diaryl/α,β-unsaturated/α-hetero) is 5. The Kier molecular flexibility index (Phi) is 7.54. The molecule has 45 heavy (non-hydrogen) atoms. The molecule has 0 radical (unpaired) electrons. The van der Waals surface area contributed by atoms with Crippen LogP contribution in [0.5, 0.6) is 5.75 Å². The zero-order valence-corrected chi connectivity index (χ0v) is 27.4. The minimum atomic E-state index is -2.69. The molecule has 0 saturated heterocycles. The van der Waals surface area contributed by atoms with Crippen molar-refractivity contribution in [3.63, 3.8) is 0 Å². The van der Waals surface area contributed by atoms with Crippen LogP contribution in [0.15, 0.2) is 24.3 Å². The highest BCUT2D eigenvalue weighted by Gasteiger charge is 2.76. The van der Waals surface area contributed by atoms with Gasteiger partial charge in [-0.25, -0.2) is 0 Å². The molecule has 0 heterocycles. The highest BCUT2D eigenvalue weighted by molar-refractivity contribution is 6.32. The van der Waals surface area contributed by atoms with E-state index in [9.17, 15) is 34.2 Å². The lowest BCUT2D eigenvalue weighted by Gasteiger charge is -2.62. The van der Waals surface area contributed by atoms with E-state index in [0.717, 1.165) is 50.2 Å². The Balaban J connectivity index is 1.52. The number of hydrogen-bond donors (Lipinski definition) is 2. The molecule has 7 nitrogen and oxygen atoms in total. The fraction of sp³-hybridized carbons (Fsp3) is 0.605. The number of phenols is 1. The molecule has 5 aliphatic carbocycles. The number of hydrogen-bond acceptors (Lipinski definition) is 7. The number of fused-ring (bicyclic) bond motifs is 3. The van der Waals surface area contributed by atoms with E-state index < -0.39 is 63.1 Å². The van der Waals surface area contributed by atoms with Gasteiger partial charge in [0.2, 0.25) is 0 Å². The van der Waals surface area contributed by atoms with Crippen molar-refractivity contribution < 1.29 is 34.2 Å². The second kappa shape index (κ2) is 10.7. The van der Waals surface area contributed by atoms with E-state index in [1.54, 1.807) is 20.8 Å². The van der Waals surface area contributed by atoms with E-state index in [4.69, 9.17) is 0 Å². The first-order valence-corrected chi connectivity index (χ1v) is 16.7. The SMILES string of the molecule is CC(=O)C1C(=O)C(C(C)C)[C@@]2(C)C[C@@]3(C)Cc4c(C5=CCC=C5)cc(CC5CCC(C)CC5)c(O)c4C(=O)C3C(=O)[C@@]2(O)C1=O. The average Bonchev–Trinajstić information content (AvgIpc) is 3.48. The van der Waals surface area contributed by atoms with Gasteiger partial charge in [0.25, 0.3) is 0 Å². The van der Waals surface area contributed by atoms with E-state index in [0.29, 0.717) is 29.4 Å².